The fourth-order valence-electron chi connectivity index (χ4n) is 0.957. The Labute approximate surface area is 86.0 Å². The van der Waals surface area contributed by atoms with Gasteiger partial charge in [-0.2, -0.15) is 0 Å². The van der Waals surface area contributed by atoms with Crippen LogP contribution >= 0.6 is 37.2 Å². The molecule has 0 radical (unpaired) electrons. The molecule has 0 aromatic rings. The number of nitrogens with two attached hydrogens (primary N) is 1. The van der Waals surface area contributed by atoms with Gasteiger partial charge in [-0.05, 0) is 5.41 Å². The van der Waals surface area contributed by atoms with Crippen LogP contribution in [0.4, 0.5) is 0 Å². The van der Waals surface area contributed by atoms with E-state index in [1.807, 2.05) is 0 Å². The second-order valence-electron chi connectivity index (χ2n) is 3.23. The van der Waals surface area contributed by atoms with Gasteiger partial charge in [0.1, 0.15) is 0 Å². The zero-order valence-electron chi connectivity index (χ0n) is 6.32. The highest BCUT2D eigenvalue weighted by molar-refractivity contribution is 15.0. The van der Waals surface area contributed by atoms with Gasteiger partial charge in [0.2, 0.25) is 0 Å². The summed E-state index contributed by atoms with van der Waals surface area (Å²) in [6, 6.07) is 0.350. The molecule has 0 aromatic carbocycles. The lowest BCUT2D eigenvalue weighted by Crippen LogP contribution is -2.35. The lowest BCUT2D eigenvalue weighted by atomic mass is 9.89. The van der Waals surface area contributed by atoms with Crippen molar-refractivity contribution in [1.82, 2.24) is 5.32 Å². The number of halogens is 2. The monoisotopic (exact) mass is 368 g/mol. The van der Waals surface area contributed by atoms with Gasteiger partial charge in [0.05, 0.1) is 0 Å². The van der Waals surface area contributed by atoms with E-state index in [0.717, 1.165) is 13.1 Å². The van der Waals surface area contributed by atoms with E-state index in [9.17, 15) is 0 Å². The molecule has 10 heavy (non-hydrogen) atoms. The minimum atomic E-state index is 0.319. The van der Waals surface area contributed by atoms with Crippen molar-refractivity contribution in [2.24, 2.45) is 11.1 Å². The molecular formula is C6H14I2N2. The lowest BCUT2D eigenvalue weighted by molar-refractivity contribution is 0.363. The first-order valence-electron chi connectivity index (χ1n) is 3.23. The molecule has 0 aromatic heterocycles. The van der Waals surface area contributed by atoms with Gasteiger partial charge in [-0.3, -0.25) is 0 Å². The number of rotatable bonds is 0. The summed E-state index contributed by atoms with van der Waals surface area (Å²) in [6.07, 6.45) is 0. The van der Waals surface area contributed by atoms with Gasteiger partial charge in [0.25, 0.3) is 0 Å². The highest BCUT2D eigenvalue weighted by Crippen LogP contribution is 2.21. The van der Waals surface area contributed by atoms with Crippen LogP contribution in [-0.4, -0.2) is 19.1 Å². The summed E-state index contributed by atoms with van der Waals surface area (Å²) in [5, 5.41) is 3.24. The summed E-state index contributed by atoms with van der Waals surface area (Å²) >= 11 is 4.24. The van der Waals surface area contributed by atoms with Crippen molar-refractivity contribution in [3.63, 3.8) is 0 Å². The molecule has 1 aliphatic heterocycles. The lowest BCUT2D eigenvalue weighted by Gasteiger charge is -2.20. The number of nitrogens with one attached hydrogen (secondary N) is 1. The van der Waals surface area contributed by atoms with E-state index in [4.69, 9.17) is 5.73 Å². The van der Waals surface area contributed by atoms with Crippen molar-refractivity contribution < 1.29 is 0 Å². The topological polar surface area (TPSA) is 38.0 Å². The predicted octanol–water partition coefficient (Wildman–Crippen LogP) is 1.71. The van der Waals surface area contributed by atoms with Gasteiger partial charge in [-0.1, -0.05) is 13.8 Å². The second kappa shape index (κ2) is 5.10. The Kier molecular flexibility index (Phi) is 5.81. The van der Waals surface area contributed by atoms with Crippen LogP contribution in [0.25, 0.3) is 0 Å². The van der Waals surface area contributed by atoms with Crippen LogP contribution in [0.2, 0.25) is 0 Å². The van der Waals surface area contributed by atoms with Gasteiger partial charge in [0.15, 0.2) is 0 Å². The summed E-state index contributed by atoms with van der Waals surface area (Å²) in [5.41, 5.74) is 6.07. The molecular weight excluding hydrogens is 354 g/mol. The summed E-state index contributed by atoms with van der Waals surface area (Å²) in [5.74, 6) is 0. The van der Waals surface area contributed by atoms with Crippen LogP contribution in [0.3, 0.4) is 0 Å². The van der Waals surface area contributed by atoms with Gasteiger partial charge < -0.3 is 11.1 Å². The summed E-state index contributed by atoms with van der Waals surface area (Å²) < 4.78 is 0. The van der Waals surface area contributed by atoms with Crippen molar-refractivity contribution in [1.29, 1.82) is 0 Å². The number of hydrogen-bond acceptors (Lipinski definition) is 2. The highest BCUT2D eigenvalue weighted by atomic mass is 128. The van der Waals surface area contributed by atoms with Gasteiger partial charge in [-0.25, -0.2) is 0 Å². The smallest absolute Gasteiger partial charge is 0.0229 e. The Balaban J connectivity index is 0.000000371. The first-order valence-corrected chi connectivity index (χ1v) is 9.52. The number of hydrogen-bond donors (Lipinski definition) is 2. The maximum Gasteiger partial charge on any atom is 0.0229 e. The molecule has 0 spiro atoms. The summed E-state index contributed by atoms with van der Waals surface area (Å²) in [6.45, 7) is 6.43. The largest absolute Gasteiger partial charge is 0.326 e. The Hall–Kier alpha value is 1.38. The van der Waals surface area contributed by atoms with E-state index in [2.05, 4.69) is 56.4 Å². The normalized spacial score (nSPS) is 29.1. The minimum absolute atomic E-state index is 0.319. The highest BCUT2D eigenvalue weighted by Gasteiger charge is 2.30. The molecule has 1 unspecified atom stereocenters. The van der Waals surface area contributed by atoms with Crippen LogP contribution in [0, 0.1) is 5.41 Å². The third kappa shape index (κ3) is 3.19. The van der Waals surface area contributed by atoms with Crippen LogP contribution in [0.1, 0.15) is 13.8 Å². The third-order valence-electron chi connectivity index (χ3n) is 1.95. The Morgan fingerprint density at radius 3 is 2.10 bits per heavy atom. The first kappa shape index (κ1) is 11.4. The maximum atomic E-state index is 5.75. The van der Waals surface area contributed by atoms with Crippen molar-refractivity contribution >= 4 is 37.2 Å². The molecule has 1 aliphatic rings. The van der Waals surface area contributed by atoms with Crippen LogP contribution in [-0.2, 0) is 0 Å². The zero-order valence-corrected chi connectivity index (χ0v) is 10.6. The standard InChI is InChI=1S/C6H14N2.I2/c1-6(2)4-8-3-5(6)7;1-2/h5,8H,3-4,7H2,1-2H3;. The van der Waals surface area contributed by atoms with Crippen molar-refractivity contribution in [2.45, 2.75) is 19.9 Å². The van der Waals surface area contributed by atoms with Crippen LogP contribution in [0.5, 0.6) is 0 Å². The van der Waals surface area contributed by atoms with E-state index in [1.54, 1.807) is 0 Å². The molecule has 0 aliphatic carbocycles. The maximum absolute atomic E-state index is 5.75. The van der Waals surface area contributed by atoms with Crippen molar-refractivity contribution in [2.75, 3.05) is 13.1 Å². The van der Waals surface area contributed by atoms with E-state index >= 15 is 0 Å². The molecule has 1 saturated heterocycles. The van der Waals surface area contributed by atoms with E-state index in [-0.39, 0.29) is 0 Å². The average Bonchev–Trinajstić information content (AvgIpc) is 2.17. The van der Waals surface area contributed by atoms with Gasteiger partial charge >= 0.3 is 0 Å². The van der Waals surface area contributed by atoms with Gasteiger partial charge in [0, 0.05) is 56.4 Å². The van der Waals surface area contributed by atoms with E-state index in [1.165, 1.54) is 0 Å². The molecule has 1 atom stereocenters. The van der Waals surface area contributed by atoms with Crippen LogP contribution in [0.15, 0.2) is 0 Å². The molecule has 3 N–H and O–H groups in total. The van der Waals surface area contributed by atoms with Gasteiger partial charge in [-0.15, -0.1) is 0 Å². The molecule has 2 nitrogen and oxygen atoms in total. The van der Waals surface area contributed by atoms with Crippen molar-refractivity contribution in [3.05, 3.63) is 0 Å². The molecule has 1 fully saturated rings. The van der Waals surface area contributed by atoms with Crippen molar-refractivity contribution in [3.8, 4) is 0 Å². The SMILES string of the molecule is CC1(C)CNCC1N.II. The molecule has 4 heteroatoms. The average molecular weight is 368 g/mol. The molecule has 0 amide bonds. The minimum Gasteiger partial charge on any atom is -0.326 e. The first-order chi connectivity index (χ1) is 4.63. The predicted molar refractivity (Wildman–Crippen MR) is 62.7 cm³/mol. The zero-order chi connectivity index (χ0) is 8.20. The molecule has 1 rings (SSSR count). The summed E-state index contributed by atoms with van der Waals surface area (Å²) in [4.78, 5) is 0. The van der Waals surface area contributed by atoms with Crippen LogP contribution < -0.4 is 11.1 Å². The Bertz CT molecular complexity index is 95.7. The quantitative estimate of drug-likeness (QED) is 0.640. The second-order valence-corrected chi connectivity index (χ2v) is 3.23. The Morgan fingerprint density at radius 2 is 2.00 bits per heavy atom. The molecule has 1 heterocycles. The summed E-state index contributed by atoms with van der Waals surface area (Å²) in [7, 11) is 0. The Morgan fingerprint density at radius 1 is 1.50 bits per heavy atom. The molecule has 0 saturated carbocycles. The molecule has 62 valence electrons. The van der Waals surface area contributed by atoms with E-state index in [0.29, 0.717) is 11.5 Å². The fourth-order valence-corrected chi connectivity index (χ4v) is 0.957. The fraction of sp³-hybridized carbons (Fsp3) is 1.00. The third-order valence-corrected chi connectivity index (χ3v) is 1.95. The van der Waals surface area contributed by atoms with E-state index < -0.39 is 0 Å². The molecule has 0 bridgehead atoms.